The van der Waals surface area contributed by atoms with Crippen LogP contribution in [-0.4, -0.2) is 83.2 Å². The molecular formula is C16H19N3O9. The van der Waals surface area contributed by atoms with E-state index in [1.807, 2.05) is 0 Å². The highest BCUT2D eigenvalue weighted by Gasteiger charge is 2.18. The molecule has 1 aromatic rings. The number of ether oxygens (including phenoxy) is 1. The van der Waals surface area contributed by atoms with Crippen LogP contribution >= 0.6 is 0 Å². The summed E-state index contributed by atoms with van der Waals surface area (Å²) in [7, 11) is 1.28. The van der Waals surface area contributed by atoms with Crippen molar-refractivity contribution in [1.82, 2.24) is 10.2 Å². The third-order valence-electron chi connectivity index (χ3n) is 3.22. The van der Waals surface area contributed by atoms with Crippen LogP contribution in [-0.2, 0) is 19.2 Å². The number of carboxylic acids is 3. The fourth-order valence-corrected chi connectivity index (χ4v) is 2.14. The molecule has 0 saturated heterocycles. The minimum absolute atomic E-state index is 0.0921. The highest BCUT2D eigenvalue weighted by Crippen LogP contribution is 2.25. The second-order valence-corrected chi connectivity index (χ2v) is 5.47. The number of carbonyl (C=O) groups excluding carboxylic acids is 2. The zero-order valence-electron chi connectivity index (χ0n) is 14.8. The summed E-state index contributed by atoms with van der Waals surface area (Å²) in [6.45, 7) is -2.34. The molecule has 1 rings (SSSR count). The number of hydrogen-bond acceptors (Lipinski definition) is 7. The van der Waals surface area contributed by atoms with Gasteiger partial charge in [-0.2, -0.15) is 0 Å². The van der Waals surface area contributed by atoms with Gasteiger partial charge in [0.15, 0.2) is 0 Å². The van der Waals surface area contributed by atoms with Crippen molar-refractivity contribution in [3.8, 4) is 5.75 Å². The number of methoxy groups -OCH3 is 1. The molecule has 0 spiro atoms. The first-order valence-corrected chi connectivity index (χ1v) is 7.76. The molecule has 0 aliphatic carbocycles. The lowest BCUT2D eigenvalue weighted by Crippen LogP contribution is -2.40. The van der Waals surface area contributed by atoms with Crippen LogP contribution in [0.3, 0.4) is 0 Å². The standard InChI is InChI=1S/C16H19N3O9/c1-28-11-4-9(16(27)17-5-13(21)22)2-3-10(11)18-12(20)6-19(7-14(23)24)8-15(25)26/h2-4H,5-8H2,1H3,(H,17,27)(H,18,20)(H,21,22)(H,23,24)(H,25,26). The third-order valence-corrected chi connectivity index (χ3v) is 3.22. The van der Waals surface area contributed by atoms with Crippen LogP contribution in [0.15, 0.2) is 18.2 Å². The number of anilines is 1. The minimum Gasteiger partial charge on any atom is -0.495 e. The molecule has 2 amide bonds. The number of hydrogen-bond donors (Lipinski definition) is 5. The Hall–Kier alpha value is -3.67. The maximum atomic E-state index is 12.1. The van der Waals surface area contributed by atoms with Gasteiger partial charge in [0, 0.05) is 5.56 Å². The van der Waals surface area contributed by atoms with E-state index in [0.29, 0.717) is 0 Å². The van der Waals surface area contributed by atoms with Crippen LogP contribution in [0.25, 0.3) is 0 Å². The summed E-state index contributed by atoms with van der Waals surface area (Å²) in [5.74, 6) is -5.04. The Morgan fingerprint density at radius 2 is 1.57 bits per heavy atom. The maximum absolute atomic E-state index is 12.1. The van der Waals surface area contributed by atoms with Gasteiger partial charge in [0.1, 0.15) is 12.3 Å². The molecule has 0 aliphatic rings. The zero-order chi connectivity index (χ0) is 21.3. The van der Waals surface area contributed by atoms with E-state index in [4.69, 9.17) is 20.1 Å². The summed E-state index contributed by atoms with van der Waals surface area (Å²) in [5, 5.41) is 30.7. The Labute approximate surface area is 158 Å². The summed E-state index contributed by atoms with van der Waals surface area (Å²) in [5.41, 5.74) is 0.252. The average Bonchev–Trinajstić information content (AvgIpc) is 2.58. The molecule has 0 heterocycles. The molecule has 0 bridgehead atoms. The first-order chi connectivity index (χ1) is 13.1. The SMILES string of the molecule is COc1cc(C(=O)NCC(=O)O)ccc1NC(=O)CN(CC(=O)O)CC(=O)O. The van der Waals surface area contributed by atoms with E-state index in [1.165, 1.54) is 25.3 Å². The van der Waals surface area contributed by atoms with Crippen LogP contribution < -0.4 is 15.4 Å². The van der Waals surface area contributed by atoms with Gasteiger partial charge < -0.3 is 30.7 Å². The molecule has 0 aliphatic heterocycles. The van der Waals surface area contributed by atoms with Gasteiger partial charge in [0.05, 0.1) is 32.4 Å². The van der Waals surface area contributed by atoms with Gasteiger partial charge in [-0.05, 0) is 18.2 Å². The largest absolute Gasteiger partial charge is 0.495 e. The molecule has 0 saturated carbocycles. The lowest BCUT2D eigenvalue weighted by molar-refractivity contribution is -0.142. The third kappa shape index (κ3) is 7.70. The highest BCUT2D eigenvalue weighted by atomic mass is 16.5. The number of benzene rings is 1. The molecule has 0 unspecified atom stereocenters. The lowest BCUT2D eigenvalue weighted by Gasteiger charge is -2.18. The van der Waals surface area contributed by atoms with Crippen molar-refractivity contribution in [2.75, 3.05) is 38.6 Å². The van der Waals surface area contributed by atoms with Crippen molar-refractivity contribution in [2.24, 2.45) is 0 Å². The fourth-order valence-electron chi connectivity index (χ4n) is 2.14. The Morgan fingerprint density at radius 3 is 2.07 bits per heavy atom. The normalized spacial score (nSPS) is 10.2. The van der Waals surface area contributed by atoms with E-state index < -0.39 is 55.9 Å². The van der Waals surface area contributed by atoms with E-state index in [9.17, 15) is 24.0 Å². The van der Waals surface area contributed by atoms with E-state index in [0.717, 1.165) is 4.90 Å². The summed E-state index contributed by atoms with van der Waals surface area (Å²) in [6, 6.07) is 3.94. The van der Waals surface area contributed by atoms with Gasteiger partial charge >= 0.3 is 17.9 Å². The minimum atomic E-state index is -1.29. The van der Waals surface area contributed by atoms with Crippen LogP contribution in [0.1, 0.15) is 10.4 Å². The summed E-state index contributed by atoms with van der Waals surface area (Å²) >= 11 is 0. The molecule has 0 radical (unpaired) electrons. The molecule has 12 heteroatoms. The fraction of sp³-hybridized carbons (Fsp3) is 0.312. The van der Waals surface area contributed by atoms with Crippen LogP contribution in [0, 0.1) is 0 Å². The lowest BCUT2D eigenvalue weighted by atomic mass is 10.1. The molecule has 5 N–H and O–H groups in total. The van der Waals surface area contributed by atoms with E-state index in [2.05, 4.69) is 10.6 Å². The van der Waals surface area contributed by atoms with E-state index >= 15 is 0 Å². The van der Waals surface area contributed by atoms with E-state index in [-0.39, 0.29) is 17.0 Å². The van der Waals surface area contributed by atoms with Gasteiger partial charge in [0.2, 0.25) is 5.91 Å². The monoisotopic (exact) mass is 397 g/mol. The van der Waals surface area contributed by atoms with Gasteiger partial charge in [-0.3, -0.25) is 28.9 Å². The Balaban J connectivity index is 2.85. The summed E-state index contributed by atoms with van der Waals surface area (Å²) in [6.07, 6.45) is 0. The summed E-state index contributed by atoms with van der Waals surface area (Å²) in [4.78, 5) is 56.9. The molecule has 0 aromatic heterocycles. The average molecular weight is 397 g/mol. The van der Waals surface area contributed by atoms with Crippen molar-refractivity contribution in [3.63, 3.8) is 0 Å². The van der Waals surface area contributed by atoms with Crippen molar-refractivity contribution >= 4 is 35.4 Å². The van der Waals surface area contributed by atoms with Crippen molar-refractivity contribution in [2.45, 2.75) is 0 Å². The van der Waals surface area contributed by atoms with Crippen LogP contribution in [0.5, 0.6) is 5.75 Å². The zero-order valence-corrected chi connectivity index (χ0v) is 14.8. The number of nitrogens with one attached hydrogen (secondary N) is 2. The second-order valence-electron chi connectivity index (χ2n) is 5.47. The van der Waals surface area contributed by atoms with Crippen molar-refractivity contribution in [1.29, 1.82) is 0 Å². The Kier molecular flexibility index (Phi) is 8.37. The molecule has 1 aromatic carbocycles. The number of carboxylic acid groups (broad SMARTS) is 3. The van der Waals surface area contributed by atoms with Gasteiger partial charge in [0.25, 0.3) is 5.91 Å². The number of rotatable bonds is 11. The van der Waals surface area contributed by atoms with Gasteiger partial charge in [-0.15, -0.1) is 0 Å². The van der Waals surface area contributed by atoms with Crippen molar-refractivity contribution in [3.05, 3.63) is 23.8 Å². The van der Waals surface area contributed by atoms with Gasteiger partial charge in [-0.25, -0.2) is 0 Å². The number of aliphatic carboxylic acids is 3. The number of nitrogens with zero attached hydrogens (tertiary/aromatic N) is 1. The molecule has 12 nitrogen and oxygen atoms in total. The quantitative estimate of drug-likeness (QED) is 0.308. The number of carbonyl (C=O) groups is 5. The van der Waals surface area contributed by atoms with Crippen LogP contribution in [0.4, 0.5) is 5.69 Å². The molecule has 28 heavy (non-hydrogen) atoms. The highest BCUT2D eigenvalue weighted by molar-refractivity contribution is 5.98. The first kappa shape index (κ1) is 22.4. The maximum Gasteiger partial charge on any atom is 0.322 e. The second kappa shape index (κ2) is 10.5. The number of amides is 2. The molecular weight excluding hydrogens is 378 g/mol. The predicted molar refractivity (Wildman–Crippen MR) is 93.3 cm³/mol. The Morgan fingerprint density at radius 1 is 0.964 bits per heavy atom. The molecule has 152 valence electrons. The topological polar surface area (TPSA) is 183 Å². The van der Waals surface area contributed by atoms with E-state index in [1.54, 1.807) is 0 Å². The predicted octanol–water partition coefficient (Wildman–Crippen LogP) is -1.08. The molecule has 0 fully saturated rings. The van der Waals surface area contributed by atoms with Crippen LogP contribution in [0.2, 0.25) is 0 Å². The first-order valence-electron chi connectivity index (χ1n) is 7.76. The van der Waals surface area contributed by atoms with Crippen molar-refractivity contribution < 1.29 is 44.0 Å². The Bertz CT molecular complexity index is 763. The summed E-state index contributed by atoms with van der Waals surface area (Å²) < 4.78 is 5.08. The van der Waals surface area contributed by atoms with Gasteiger partial charge in [-0.1, -0.05) is 0 Å². The smallest absolute Gasteiger partial charge is 0.322 e. The molecule has 0 atom stereocenters.